The van der Waals surface area contributed by atoms with E-state index < -0.39 is 29.9 Å². The van der Waals surface area contributed by atoms with E-state index in [9.17, 15) is 24.3 Å². The number of hydrogen-bond donors (Lipinski definition) is 3. The zero-order chi connectivity index (χ0) is 20.9. The van der Waals surface area contributed by atoms with Crippen LogP contribution in [0.15, 0.2) is 0 Å². The van der Waals surface area contributed by atoms with Crippen LogP contribution in [0.5, 0.6) is 0 Å². The number of carbonyl (C=O) groups is 4. The molecule has 1 aromatic carbocycles. The van der Waals surface area contributed by atoms with E-state index in [1.807, 2.05) is 45.2 Å². The summed E-state index contributed by atoms with van der Waals surface area (Å²) in [4.78, 5) is 46.4. The number of hydrogen-bond acceptors (Lipinski definition) is 7. The van der Waals surface area contributed by atoms with Gasteiger partial charge in [-0.2, -0.15) is 0 Å². The first-order chi connectivity index (χ1) is 12.5. The molecular weight excluding hydrogens is 701 g/mol. The summed E-state index contributed by atoms with van der Waals surface area (Å²) in [6.45, 7) is 1.98. The minimum atomic E-state index is -1.21. The van der Waals surface area contributed by atoms with Gasteiger partial charge < -0.3 is 25.6 Å². The molecule has 4 N–H and O–H groups in total. The maximum Gasteiger partial charge on any atom is 0.337 e. The highest BCUT2D eigenvalue weighted by molar-refractivity contribution is 14.1. The molecule has 148 valence electrons. The number of ether oxygens (including phenoxy) is 2. The van der Waals surface area contributed by atoms with Crippen LogP contribution in [0.25, 0.3) is 0 Å². The second-order valence-corrected chi connectivity index (χ2v) is 8.42. The van der Waals surface area contributed by atoms with Gasteiger partial charge in [0.05, 0.1) is 30.0 Å². The third-order valence-corrected chi connectivity index (χ3v) is 6.42. The van der Waals surface area contributed by atoms with Crippen LogP contribution in [0.1, 0.15) is 34.6 Å². The molecule has 1 rings (SSSR count). The SMILES string of the molecule is CC(=O)OCC(COC(C)=O)NC(=O)c1c(I)c(N)c(I)c(C(=O)O)c1I. The van der Waals surface area contributed by atoms with Gasteiger partial charge in [-0.25, -0.2) is 4.79 Å². The van der Waals surface area contributed by atoms with Gasteiger partial charge in [-0.05, 0) is 67.8 Å². The summed E-state index contributed by atoms with van der Waals surface area (Å²) < 4.78 is 10.7. The van der Waals surface area contributed by atoms with Crippen LogP contribution in [-0.2, 0) is 19.1 Å². The number of benzene rings is 1. The molecule has 1 aromatic rings. The third kappa shape index (κ3) is 6.58. The van der Waals surface area contributed by atoms with E-state index in [-0.39, 0.29) is 33.6 Å². The number of rotatable bonds is 7. The maximum absolute atomic E-state index is 12.8. The maximum atomic E-state index is 12.8. The first kappa shape index (κ1) is 24.1. The molecule has 0 bridgehead atoms. The number of aromatic carboxylic acids is 1. The molecule has 0 aliphatic carbocycles. The van der Waals surface area contributed by atoms with Gasteiger partial charge in [-0.15, -0.1) is 0 Å². The van der Waals surface area contributed by atoms with E-state index in [1.54, 1.807) is 22.6 Å². The molecule has 0 aromatic heterocycles. The van der Waals surface area contributed by atoms with Crippen molar-refractivity contribution in [2.45, 2.75) is 19.9 Å². The zero-order valence-corrected chi connectivity index (χ0v) is 20.6. The first-order valence-electron chi connectivity index (χ1n) is 7.24. The number of nitrogens with two attached hydrogens (primary N) is 1. The fourth-order valence-electron chi connectivity index (χ4n) is 1.90. The average Bonchev–Trinajstić information content (AvgIpc) is 2.54. The van der Waals surface area contributed by atoms with Crippen molar-refractivity contribution in [2.75, 3.05) is 18.9 Å². The van der Waals surface area contributed by atoms with Crippen LogP contribution in [-0.4, -0.2) is 48.2 Å². The minimum absolute atomic E-state index is 0.0733. The average molecular weight is 716 g/mol. The quantitative estimate of drug-likeness (QED) is 0.221. The van der Waals surface area contributed by atoms with E-state index >= 15 is 0 Å². The number of nitrogen functional groups attached to an aromatic ring is 1. The standard InChI is InChI=1S/C15H15I3N2O7/c1-5(21)26-3-7(4-27-6(2)22)20-14(23)8-10(16)9(15(24)25)12(18)13(19)11(8)17/h7H,3-4,19H2,1-2H3,(H,20,23)(H,24,25). The third-order valence-electron chi connectivity index (χ3n) is 3.10. The fourth-order valence-corrected chi connectivity index (χ4v) is 6.01. The summed E-state index contributed by atoms with van der Waals surface area (Å²) in [7, 11) is 0. The van der Waals surface area contributed by atoms with E-state index in [0.717, 1.165) is 0 Å². The Hall–Kier alpha value is -0.910. The van der Waals surface area contributed by atoms with Gasteiger partial charge >= 0.3 is 17.9 Å². The Labute approximate surface area is 195 Å². The van der Waals surface area contributed by atoms with Crippen molar-refractivity contribution in [3.8, 4) is 0 Å². The topological polar surface area (TPSA) is 145 Å². The molecule has 0 saturated carbocycles. The number of nitrogens with one attached hydrogen (secondary N) is 1. The lowest BCUT2D eigenvalue weighted by molar-refractivity contribution is -0.144. The van der Waals surface area contributed by atoms with E-state index in [0.29, 0.717) is 7.14 Å². The molecule has 0 heterocycles. The van der Waals surface area contributed by atoms with Crippen LogP contribution in [0.2, 0.25) is 0 Å². The largest absolute Gasteiger partial charge is 0.478 e. The molecule has 0 spiro atoms. The van der Waals surface area contributed by atoms with Gasteiger partial charge in [0.25, 0.3) is 5.91 Å². The summed E-state index contributed by atoms with van der Waals surface area (Å²) in [5.41, 5.74) is 6.14. The number of halogens is 3. The predicted octanol–water partition coefficient (Wildman–Crippen LogP) is 2.01. The summed E-state index contributed by atoms with van der Waals surface area (Å²) in [5.74, 6) is -2.96. The Morgan fingerprint density at radius 2 is 1.41 bits per heavy atom. The Kier molecular flexibility index (Phi) is 9.46. The Balaban J connectivity index is 3.23. The van der Waals surface area contributed by atoms with Crippen molar-refractivity contribution in [1.29, 1.82) is 0 Å². The van der Waals surface area contributed by atoms with Crippen LogP contribution in [0.4, 0.5) is 5.69 Å². The molecule has 0 aliphatic heterocycles. The molecule has 0 fully saturated rings. The number of carboxylic acids is 1. The molecule has 0 unspecified atom stereocenters. The van der Waals surface area contributed by atoms with Crippen LogP contribution in [0.3, 0.4) is 0 Å². The number of anilines is 1. The molecule has 0 saturated heterocycles. The Bertz CT molecular complexity index is 780. The van der Waals surface area contributed by atoms with Crippen LogP contribution < -0.4 is 11.1 Å². The lowest BCUT2D eigenvalue weighted by Crippen LogP contribution is -2.43. The monoisotopic (exact) mass is 716 g/mol. The molecule has 0 atom stereocenters. The smallest absolute Gasteiger partial charge is 0.337 e. The number of amides is 1. The highest BCUT2D eigenvalue weighted by Gasteiger charge is 2.28. The van der Waals surface area contributed by atoms with Crippen LogP contribution >= 0.6 is 67.8 Å². The second kappa shape index (κ2) is 10.6. The molecule has 1 amide bonds. The fraction of sp³-hybridized carbons (Fsp3) is 0.333. The summed E-state index contributed by atoms with van der Waals surface area (Å²) in [6.07, 6.45) is 0. The van der Waals surface area contributed by atoms with Crippen molar-refractivity contribution < 1.29 is 33.8 Å². The molecule has 12 heteroatoms. The summed E-state index contributed by atoms with van der Waals surface area (Å²) in [6, 6.07) is -0.814. The first-order valence-corrected chi connectivity index (χ1v) is 10.5. The molecular formula is C15H15I3N2O7. The molecule has 0 aliphatic rings. The van der Waals surface area contributed by atoms with Crippen LogP contribution in [0, 0.1) is 10.7 Å². The predicted molar refractivity (Wildman–Crippen MR) is 120 cm³/mol. The van der Waals surface area contributed by atoms with Crippen molar-refractivity contribution in [3.05, 3.63) is 21.8 Å². The van der Waals surface area contributed by atoms with E-state index in [2.05, 4.69) is 5.32 Å². The van der Waals surface area contributed by atoms with Gasteiger partial charge in [-0.3, -0.25) is 14.4 Å². The van der Waals surface area contributed by atoms with E-state index in [4.69, 9.17) is 15.2 Å². The van der Waals surface area contributed by atoms with Gasteiger partial charge in [0.2, 0.25) is 0 Å². The van der Waals surface area contributed by atoms with E-state index in [1.165, 1.54) is 13.8 Å². The van der Waals surface area contributed by atoms with Gasteiger partial charge in [0, 0.05) is 17.4 Å². The minimum Gasteiger partial charge on any atom is -0.478 e. The van der Waals surface area contributed by atoms with Crippen molar-refractivity contribution in [2.24, 2.45) is 0 Å². The Morgan fingerprint density at radius 3 is 1.81 bits per heavy atom. The van der Waals surface area contributed by atoms with Gasteiger partial charge in [0.1, 0.15) is 13.2 Å². The highest BCUT2D eigenvalue weighted by Crippen LogP contribution is 2.33. The zero-order valence-electron chi connectivity index (χ0n) is 14.1. The molecule has 27 heavy (non-hydrogen) atoms. The molecule has 0 radical (unpaired) electrons. The number of esters is 2. The normalized spacial score (nSPS) is 10.4. The van der Waals surface area contributed by atoms with Gasteiger partial charge in [-0.1, -0.05) is 0 Å². The van der Waals surface area contributed by atoms with Crippen molar-refractivity contribution in [3.63, 3.8) is 0 Å². The highest BCUT2D eigenvalue weighted by atomic mass is 127. The molecule has 9 nitrogen and oxygen atoms in total. The van der Waals surface area contributed by atoms with Gasteiger partial charge in [0.15, 0.2) is 0 Å². The second-order valence-electron chi connectivity index (χ2n) is 5.19. The van der Waals surface area contributed by atoms with Crippen molar-refractivity contribution >= 4 is 97.3 Å². The Morgan fingerprint density at radius 1 is 0.963 bits per heavy atom. The lowest BCUT2D eigenvalue weighted by atomic mass is 10.1. The van der Waals surface area contributed by atoms with Crippen molar-refractivity contribution in [1.82, 2.24) is 5.32 Å². The summed E-state index contributed by atoms with van der Waals surface area (Å²) in [5, 5.41) is 12.0. The summed E-state index contributed by atoms with van der Waals surface area (Å²) >= 11 is 5.45. The lowest BCUT2D eigenvalue weighted by Gasteiger charge is -2.20. The number of carboxylic acid groups (broad SMARTS) is 1. The number of carbonyl (C=O) groups excluding carboxylic acids is 3.